The number of carbonyl (C=O) groups excluding carboxylic acids is 1. The van der Waals surface area contributed by atoms with Crippen LogP contribution in [0.25, 0.3) is 6.08 Å². The summed E-state index contributed by atoms with van der Waals surface area (Å²) in [6.45, 7) is -0.373. The van der Waals surface area contributed by atoms with Gasteiger partial charge in [-0.1, -0.05) is 36.2 Å². The van der Waals surface area contributed by atoms with Crippen molar-refractivity contribution in [3.63, 3.8) is 0 Å². The van der Waals surface area contributed by atoms with E-state index in [9.17, 15) is 9.59 Å². The zero-order chi connectivity index (χ0) is 16.4. The third kappa shape index (κ3) is 7.85. The van der Waals surface area contributed by atoms with E-state index >= 15 is 0 Å². The van der Waals surface area contributed by atoms with Crippen LogP contribution >= 0.6 is 11.9 Å². The molecule has 0 fully saturated rings. The van der Waals surface area contributed by atoms with Crippen molar-refractivity contribution in [1.82, 2.24) is 9.62 Å². The number of unbranched alkanes of at least 4 members (excludes halogenated alkanes) is 1. The highest BCUT2D eigenvalue weighted by atomic mass is 32.2. The molecular formula is C16H22N2O3S. The van der Waals surface area contributed by atoms with Crippen LogP contribution in [0.1, 0.15) is 28.8 Å². The fourth-order valence-corrected chi connectivity index (χ4v) is 2.37. The maximum absolute atomic E-state index is 11.8. The summed E-state index contributed by atoms with van der Waals surface area (Å²) in [4.78, 5) is 22.2. The molecule has 1 aromatic rings. The van der Waals surface area contributed by atoms with E-state index in [0.29, 0.717) is 5.56 Å². The minimum absolute atomic E-state index is 0.373. The summed E-state index contributed by atoms with van der Waals surface area (Å²) in [6, 6.07) is 7.13. The van der Waals surface area contributed by atoms with Gasteiger partial charge in [0, 0.05) is 11.3 Å². The molecule has 0 saturated carbocycles. The Kier molecular flexibility index (Phi) is 8.32. The fourth-order valence-electron chi connectivity index (χ4n) is 1.71. The van der Waals surface area contributed by atoms with Crippen molar-refractivity contribution in [2.24, 2.45) is 0 Å². The Bertz CT molecular complexity index is 530. The highest BCUT2D eigenvalue weighted by Crippen LogP contribution is 2.10. The molecule has 0 atom stereocenters. The van der Waals surface area contributed by atoms with Gasteiger partial charge in [0.2, 0.25) is 0 Å². The number of nitrogens with one attached hydrogen (secondary N) is 1. The standard InChI is InChI=1S/C16H22N2O3S/c1-18(2)22-10-5-3-4-7-13-8-6-9-14(11-13)16(21)17-12-15(19)20/h4,6-9,11H,3,5,10,12H2,1-2H3,(H,17,21)(H,19,20)/b7-4-. The Morgan fingerprint density at radius 2 is 2.14 bits per heavy atom. The lowest BCUT2D eigenvalue weighted by Gasteiger charge is -2.06. The Morgan fingerprint density at radius 1 is 1.36 bits per heavy atom. The Morgan fingerprint density at radius 3 is 2.82 bits per heavy atom. The molecule has 0 saturated heterocycles. The van der Waals surface area contributed by atoms with Gasteiger partial charge in [-0.3, -0.25) is 13.9 Å². The Hall–Kier alpha value is -1.79. The molecule has 6 heteroatoms. The molecule has 0 bridgehead atoms. The van der Waals surface area contributed by atoms with Crippen LogP contribution in [0, 0.1) is 0 Å². The van der Waals surface area contributed by atoms with E-state index < -0.39 is 5.97 Å². The third-order valence-corrected chi connectivity index (χ3v) is 3.71. The van der Waals surface area contributed by atoms with Gasteiger partial charge in [-0.05, 0) is 44.6 Å². The van der Waals surface area contributed by atoms with Crippen molar-refractivity contribution in [2.75, 3.05) is 26.4 Å². The first-order chi connectivity index (χ1) is 10.5. The number of amides is 1. The van der Waals surface area contributed by atoms with Crippen LogP contribution in [0.2, 0.25) is 0 Å². The van der Waals surface area contributed by atoms with E-state index in [1.807, 2.05) is 26.2 Å². The molecule has 120 valence electrons. The number of carboxylic acid groups (broad SMARTS) is 1. The number of carboxylic acids is 1. The number of allylic oxidation sites excluding steroid dienone is 1. The molecule has 0 heterocycles. The van der Waals surface area contributed by atoms with Gasteiger partial charge in [0.1, 0.15) is 6.54 Å². The maximum atomic E-state index is 11.8. The first kappa shape index (κ1) is 18.3. The van der Waals surface area contributed by atoms with Gasteiger partial charge in [0.05, 0.1) is 0 Å². The van der Waals surface area contributed by atoms with Gasteiger partial charge in [0.15, 0.2) is 0 Å². The molecule has 0 aliphatic heterocycles. The van der Waals surface area contributed by atoms with Crippen molar-refractivity contribution in [2.45, 2.75) is 12.8 Å². The van der Waals surface area contributed by atoms with E-state index in [2.05, 4.69) is 15.7 Å². The molecule has 1 aromatic carbocycles. The normalized spacial score (nSPS) is 11.0. The number of nitrogens with zero attached hydrogens (tertiary/aromatic N) is 1. The average Bonchev–Trinajstić information content (AvgIpc) is 2.48. The van der Waals surface area contributed by atoms with E-state index in [4.69, 9.17) is 5.11 Å². The number of hydrogen-bond donors (Lipinski definition) is 2. The Balaban J connectivity index is 2.46. The molecule has 1 amide bonds. The summed E-state index contributed by atoms with van der Waals surface area (Å²) >= 11 is 1.79. The minimum atomic E-state index is -1.06. The highest BCUT2D eigenvalue weighted by Gasteiger charge is 2.06. The number of carbonyl (C=O) groups is 2. The molecular weight excluding hydrogens is 300 g/mol. The predicted molar refractivity (Wildman–Crippen MR) is 90.8 cm³/mol. The zero-order valence-corrected chi connectivity index (χ0v) is 13.7. The summed E-state index contributed by atoms with van der Waals surface area (Å²) in [5, 5.41) is 10.9. The van der Waals surface area contributed by atoms with Crippen LogP contribution in [0.3, 0.4) is 0 Å². The summed E-state index contributed by atoms with van der Waals surface area (Å²) in [5.41, 5.74) is 1.40. The summed E-state index contributed by atoms with van der Waals surface area (Å²) in [6.07, 6.45) is 6.15. The lowest BCUT2D eigenvalue weighted by Crippen LogP contribution is -2.29. The fraction of sp³-hybridized carbons (Fsp3) is 0.375. The van der Waals surface area contributed by atoms with Gasteiger partial charge in [0.25, 0.3) is 5.91 Å². The smallest absolute Gasteiger partial charge is 0.322 e. The van der Waals surface area contributed by atoms with Gasteiger partial charge in [-0.2, -0.15) is 0 Å². The van der Waals surface area contributed by atoms with Crippen molar-refractivity contribution < 1.29 is 14.7 Å². The van der Waals surface area contributed by atoms with Crippen LogP contribution in [0.15, 0.2) is 30.3 Å². The van der Waals surface area contributed by atoms with Gasteiger partial charge in [-0.25, -0.2) is 0 Å². The van der Waals surface area contributed by atoms with E-state index in [1.165, 1.54) is 0 Å². The second kappa shape index (κ2) is 10.0. The summed E-state index contributed by atoms with van der Waals surface area (Å²) < 4.78 is 2.09. The average molecular weight is 322 g/mol. The lowest BCUT2D eigenvalue weighted by molar-refractivity contribution is -0.135. The molecule has 0 radical (unpaired) electrons. The first-order valence-corrected chi connectivity index (χ1v) is 8.00. The third-order valence-electron chi connectivity index (χ3n) is 2.72. The van der Waals surface area contributed by atoms with Gasteiger partial charge < -0.3 is 10.4 Å². The molecule has 0 spiro atoms. The molecule has 22 heavy (non-hydrogen) atoms. The second-order valence-corrected chi connectivity index (χ2v) is 6.29. The molecule has 0 unspecified atom stereocenters. The van der Waals surface area contributed by atoms with Crippen LogP contribution in [0.5, 0.6) is 0 Å². The second-order valence-electron chi connectivity index (χ2n) is 4.89. The number of aliphatic carboxylic acids is 1. The Labute approximate surface area is 135 Å². The van der Waals surface area contributed by atoms with Crippen molar-refractivity contribution in [1.29, 1.82) is 0 Å². The van der Waals surface area contributed by atoms with Crippen molar-refractivity contribution >= 4 is 29.9 Å². The summed E-state index contributed by atoms with van der Waals surface area (Å²) in [5.74, 6) is -0.352. The van der Waals surface area contributed by atoms with E-state index in [0.717, 1.165) is 24.2 Å². The van der Waals surface area contributed by atoms with Gasteiger partial charge >= 0.3 is 5.97 Å². The predicted octanol–water partition coefficient (Wildman–Crippen LogP) is 2.50. The topological polar surface area (TPSA) is 69.6 Å². The largest absolute Gasteiger partial charge is 0.480 e. The molecule has 5 nitrogen and oxygen atoms in total. The van der Waals surface area contributed by atoms with E-state index in [1.54, 1.807) is 30.1 Å². The van der Waals surface area contributed by atoms with Crippen molar-refractivity contribution in [3.8, 4) is 0 Å². The SMILES string of the molecule is CN(C)SCCC/C=C\c1cccc(C(=O)NCC(=O)O)c1. The highest BCUT2D eigenvalue weighted by molar-refractivity contribution is 7.96. The van der Waals surface area contributed by atoms with Crippen LogP contribution in [-0.4, -0.2) is 47.7 Å². The first-order valence-electron chi connectivity index (χ1n) is 7.06. The van der Waals surface area contributed by atoms with Crippen LogP contribution in [0.4, 0.5) is 0 Å². The number of benzene rings is 1. The van der Waals surface area contributed by atoms with Gasteiger partial charge in [-0.15, -0.1) is 0 Å². The van der Waals surface area contributed by atoms with E-state index in [-0.39, 0.29) is 12.5 Å². The molecule has 0 aliphatic rings. The lowest BCUT2D eigenvalue weighted by atomic mass is 10.1. The van der Waals surface area contributed by atoms with Crippen LogP contribution < -0.4 is 5.32 Å². The van der Waals surface area contributed by atoms with Crippen LogP contribution in [-0.2, 0) is 4.79 Å². The molecule has 0 aromatic heterocycles. The quantitative estimate of drug-likeness (QED) is 0.540. The maximum Gasteiger partial charge on any atom is 0.322 e. The monoisotopic (exact) mass is 322 g/mol. The van der Waals surface area contributed by atoms with Crippen molar-refractivity contribution in [3.05, 3.63) is 41.5 Å². The number of hydrogen-bond acceptors (Lipinski definition) is 4. The molecule has 0 aliphatic carbocycles. The zero-order valence-electron chi connectivity index (χ0n) is 12.9. The summed E-state index contributed by atoms with van der Waals surface area (Å²) in [7, 11) is 4.06. The molecule has 1 rings (SSSR count). The number of rotatable bonds is 9. The minimum Gasteiger partial charge on any atom is -0.480 e. The molecule has 2 N–H and O–H groups in total.